The van der Waals surface area contributed by atoms with Crippen LogP contribution in [0.15, 0.2) is 36.7 Å². The molecular weight excluding hydrogens is 892 g/mol. The molecule has 2 unspecified atom stereocenters. The van der Waals surface area contributed by atoms with E-state index in [1.807, 2.05) is 26.8 Å². The number of nitrogens with one attached hydrogen (secondary N) is 2. The van der Waals surface area contributed by atoms with Crippen molar-refractivity contribution in [3.8, 4) is 0 Å². The van der Waals surface area contributed by atoms with Gasteiger partial charge in [-0.1, -0.05) is 47.6 Å². The minimum atomic E-state index is -0.752. The largest absolute Gasteiger partial charge is 0.444 e. The van der Waals surface area contributed by atoms with Crippen LogP contribution in [0.3, 0.4) is 0 Å². The first kappa shape index (κ1) is 40.4. The maximum atomic E-state index is 12.4. The Hall–Kier alpha value is -1.58. The summed E-state index contributed by atoms with van der Waals surface area (Å²) in [6.45, 7) is 12.8. The van der Waals surface area contributed by atoms with Crippen LogP contribution >= 0.6 is 35.4 Å². The van der Waals surface area contributed by atoms with Crippen molar-refractivity contribution in [3.63, 3.8) is 0 Å². The Morgan fingerprint density at radius 1 is 0.818 bits per heavy atom. The summed E-state index contributed by atoms with van der Waals surface area (Å²) in [5, 5.41) is 6.59. The Balaban J connectivity index is 0.000000421. The fourth-order valence-corrected chi connectivity index (χ4v) is 4.72. The predicted molar refractivity (Wildman–Crippen MR) is 163 cm³/mol. The molecule has 0 spiro atoms. The summed E-state index contributed by atoms with van der Waals surface area (Å²) < 4.78 is 10.8. The van der Waals surface area contributed by atoms with Crippen LogP contribution in [0, 0.1) is 31.1 Å². The summed E-state index contributed by atoms with van der Waals surface area (Å²) in [5.74, 6) is -0.253. The van der Waals surface area contributed by atoms with E-state index in [1.165, 1.54) is 11.1 Å². The van der Waals surface area contributed by atoms with Gasteiger partial charge in [-0.3, -0.25) is 14.6 Å². The van der Waals surface area contributed by atoms with Crippen molar-refractivity contribution in [3.05, 3.63) is 58.1 Å². The molecule has 0 aromatic carbocycles. The number of hydrogen-bond donors (Lipinski definition) is 2. The Bertz CT molecular complexity index is 1200. The number of rotatable bonds is 2. The maximum absolute atomic E-state index is 12.4. The van der Waals surface area contributed by atoms with Crippen LogP contribution in [0.5, 0.6) is 0 Å². The average Bonchev–Trinajstić information content (AvgIpc) is 2.88. The molecule has 11 nitrogen and oxygen atoms in total. The second-order valence-electron chi connectivity index (χ2n) is 11.6. The SMILES string of the molecule is CC(C)(C)OC(=O)N1CCNC(=O)C1c1ccc(Cl)nc1.CC(C)(C)OC(=O)N1CCNC(=S)C1c1ccc(Cl)nc1.[U].[V]. The van der Waals surface area contributed by atoms with E-state index in [4.69, 9.17) is 44.9 Å². The molecule has 2 aromatic rings. The number of carbonyl (C=O) groups excluding carboxylic acids is 3. The zero-order valence-electron chi connectivity index (χ0n) is 25.4. The molecule has 2 aliphatic heterocycles. The normalized spacial score (nSPS) is 18.3. The third kappa shape index (κ3) is 12.0. The number of carbonyl (C=O) groups is 3. The smallest absolute Gasteiger partial charge is 0.411 e. The van der Waals surface area contributed by atoms with Crippen molar-refractivity contribution in [2.45, 2.75) is 64.8 Å². The molecule has 2 N–H and O–H groups in total. The number of hydrogen-bond acceptors (Lipinski definition) is 8. The Labute approximate surface area is 309 Å². The summed E-state index contributed by atoms with van der Waals surface area (Å²) in [7, 11) is 0. The quantitative estimate of drug-likeness (QED) is 0.314. The van der Waals surface area contributed by atoms with Gasteiger partial charge in [0, 0.05) is 99.4 Å². The molecule has 2 saturated heterocycles. The Morgan fingerprint density at radius 2 is 1.23 bits per heavy atom. The molecule has 4 rings (SSSR count). The van der Waals surface area contributed by atoms with E-state index in [0.717, 1.165) is 5.56 Å². The molecule has 3 amide bonds. The number of halogens is 2. The molecule has 0 saturated carbocycles. The molecule has 0 bridgehead atoms. The molecular formula is C28H36Cl2N6O5SUV. The standard InChI is InChI=1S/C14H18ClN3O3.C14H18ClN3O2S.U.V/c1-14(2,3)21-13(20)18-7-6-16-12(19)11(18)9-4-5-10(15)17-8-9;1-14(2,3)20-13(19)18-7-6-16-12(21)11(18)9-4-5-10(15)17-8-9;;/h4-5,8,11H,6-7H2,1-3H3,(H,16,19);4-5,8,11H,6-7H2,1-3H3,(H,16,21);;. The number of amides is 3. The minimum Gasteiger partial charge on any atom is -0.444 e. The van der Waals surface area contributed by atoms with Gasteiger partial charge in [0.1, 0.15) is 38.6 Å². The van der Waals surface area contributed by atoms with Crippen LogP contribution in [0.25, 0.3) is 0 Å². The monoisotopic (exact) mass is 927 g/mol. The van der Waals surface area contributed by atoms with Crippen LogP contribution in [0.2, 0.25) is 10.3 Å². The molecule has 4 heterocycles. The Morgan fingerprint density at radius 3 is 1.64 bits per heavy atom. The van der Waals surface area contributed by atoms with Crippen LogP contribution in [-0.4, -0.2) is 80.2 Å². The van der Waals surface area contributed by atoms with E-state index in [9.17, 15) is 14.4 Å². The fraction of sp³-hybridized carbons (Fsp3) is 0.500. The van der Waals surface area contributed by atoms with Gasteiger partial charge in [-0.2, -0.15) is 0 Å². The van der Waals surface area contributed by atoms with Gasteiger partial charge < -0.3 is 20.1 Å². The van der Waals surface area contributed by atoms with Crippen molar-refractivity contribution in [2.75, 3.05) is 26.2 Å². The first-order valence-corrected chi connectivity index (χ1v) is 14.5. The van der Waals surface area contributed by atoms with Gasteiger partial charge in [0.15, 0.2) is 0 Å². The van der Waals surface area contributed by atoms with E-state index in [0.29, 0.717) is 47.0 Å². The van der Waals surface area contributed by atoms with Crippen molar-refractivity contribution in [2.24, 2.45) is 0 Å². The molecule has 1 radical (unpaired) electrons. The van der Waals surface area contributed by atoms with E-state index >= 15 is 0 Å². The van der Waals surface area contributed by atoms with Gasteiger partial charge >= 0.3 is 12.2 Å². The molecule has 0 aliphatic carbocycles. The van der Waals surface area contributed by atoms with Gasteiger partial charge in [0.2, 0.25) is 5.91 Å². The molecule has 2 fully saturated rings. The first-order valence-electron chi connectivity index (χ1n) is 13.3. The summed E-state index contributed by atoms with van der Waals surface area (Å²) >= 11 is 16.9. The van der Waals surface area contributed by atoms with E-state index in [2.05, 4.69) is 20.6 Å². The fourth-order valence-electron chi connectivity index (χ4n) is 4.13. The van der Waals surface area contributed by atoms with Gasteiger partial charge in [-0.05, 0) is 53.7 Å². The summed E-state index contributed by atoms with van der Waals surface area (Å²) in [6, 6.07) is 5.64. The van der Waals surface area contributed by atoms with Gasteiger partial charge in [0.05, 0.1) is 0 Å². The van der Waals surface area contributed by atoms with Crippen LogP contribution in [0.4, 0.5) is 9.59 Å². The number of ether oxygens (including phenoxy) is 2. The second kappa shape index (κ2) is 17.4. The van der Waals surface area contributed by atoms with E-state index in [1.54, 1.807) is 50.1 Å². The van der Waals surface area contributed by atoms with Gasteiger partial charge in [-0.25, -0.2) is 19.6 Å². The molecule has 2 atom stereocenters. The number of pyridine rings is 2. The summed E-state index contributed by atoms with van der Waals surface area (Å²) in [5.41, 5.74) is 0.241. The van der Waals surface area contributed by atoms with Gasteiger partial charge in [0.25, 0.3) is 0 Å². The maximum Gasteiger partial charge on any atom is 0.411 e. The van der Waals surface area contributed by atoms with Crippen LogP contribution in [0.1, 0.15) is 64.8 Å². The van der Waals surface area contributed by atoms with Crippen LogP contribution < -0.4 is 10.6 Å². The third-order valence-corrected chi connectivity index (χ3v) is 6.63. The molecule has 2 aliphatic rings. The first-order chi connectivity index (χ1) is 19.6. The second-order valence-corrected chi connectivity index (χ2v) is 12.8. The molecule has 237 valence electrons. The van der Waals surface area contributed by atoms with Crippen molar-refractivity contribution in [1.29, 1.82) is 0 Å². The predicted octanol–water partition coefficient (Wildman–Crippen LogP) is 5.08. The molecule has 44 heavy (non-hydrogen) atoms. The topological polar surface area (TPSA) is 126 Å². The average molecular weight is 929 g/mol. The Kier molecular flexibility index (Phi) is 16.0. The van der Waals surface area contributed by atoms with Crippen LogP contribution in [-0.2, 0) is 32.8 Å². The van der Waals surface area contributed by atoms with E-state index < -0.39 is 23.3 Å². The number of aromatic nitrogens is 2. The number of thiocarbonyl (C=S) groups is 1. The third-order valence-electron chi connectivity index (χ3n) is 5.81. The van der Waals surface area contributed by atoms with Crippen molar-refractivity contribution < 1.29 is 73.5 Å². The van der Waals surface area contributed by atoms with E-state index in [-0.39, 0.29) is 67.7 Å². The van der Waals surface area contributed by atoms with Gasteiger partial charge in [-0.15, -0.1) is 0 Å². The minimum absolute atomic E-state index is 0. The zero-order chi connectivity index (χ0) is 31.2. The zero-order valence-corrected chi connectivity index (χ0v) is 33.3. The summed E-state index contributed by atoms with van der Waals surface area (Å²) in [6.07, 6.45) is 2.22. The van der Waals surface area contributed by atoms with Crippen molar-refractivity contribution >= 4 is 58.5 Å². The van der Waals surface area contributed by atoms with Crippen molar-refractivity contribution in [1.82, 2.24) is 30.4 Å². The molecule has 2 aromatic heterocycles. The number of nitrogens with zero attached hydrogens (tertiary/aromatic N) is 4. The molecule has 16 heteroatoms. The number of piperazine rings is 2. The summed E-state index contributed by atoms with van der Waals surface area (Å²) in [4.78, 5) is 48.4.